The number of sulfonamides is 1. The molecule has 2 amide bonds. The van der Waals surface area contributed by atoms with Crippen molar-refractivity contribution in [2.24, 2.45) is 0 Å². The smallest absolute Gasteiger partial charge is 0.241 e. The number of aryl methyl sites for hydroxylation is 1. The average molecular weight is 367 g/mol. The van der Waals surface area contributed by atoms with Crippen molar-refractivity contribution in [3.05, 3.63) is 29.8 Å². The van der Waals surface area contributed by atoms with Crippen LogP contribution in [0.15, 0.2) is 29.2 Å². The molecule has 1 aromatic carbocycles. The van der Waals surface area contributed by atoms with E-state index in [9.17, 15) is 18.0 Å². The molecule has 1 saturated heterocycles. The second-order valence-corrected chi connectivity index (χ2v) is 7.98. The lowest BCUT2D eigenvalue weighted by Gasteiger charge is -2.20. The van der Waals surface area contributed by atoms with E-state index in [1.54, 1.807) is 17.0 Å². The van der Waals surface area contributed by atoms with Crippen molar-refractivity contribution in [3.63, 3.8) is 0 Å². The van der Waals surface area contributed by atoms with Gasteiger partial charge in [0.25, 0.3) is 0 Å². The molecule has 25 heavy (non-hydrogen) atoms. The number of rotatable bonds is 6. The summed E-state index contributed by atoms with van der Waals surface area (Å²) in [6.07, 6.45) is 4.21. The summed E-state index contributed by atoms with van der Waals surface area (Å²) in [4.78, 5) is 25.8. The van der Waals surface area contributed by atoms with Gasteiger partial charge in [0.2, 0.25) is 21.8 Å². The molecule has 7 nitrogen and oxygen atoms in total. The number of hydrogen-bond acceptors (Lipinski definition) is 4. The second kappa shape index (κ2) is 8.96. The third-order valence-electron chi connectivity index (χ3n) is 4.15. The number of benzene rings is 1. The highest BCUT2D eigenvalue weighted by Crippen LogP contribution is 2.10. The maximum absolute atomic E-state index is 12.1. The molecule has 0 aliphatic carbocycles. The van der Waals surface area contributed by atoms with E-state index in [1.165, 1.54) is 12.1 Å². The van der Waals surface area contributed by atoms with Gasteiger partial charge in [-0.05, 0) is 31.9 Å². The molecule has 0 bridgehead atoms. The van der Waals surface area contributed by atoms with Crippen molar-refractivity contribution in [3.8, 4) is 0 Å². The molecule has 1 fully saturated rings. The van der Waals surface area contributed by atoms with Crippen molar-refractivity contribution in [1.82, 2.24) is 14.9 Å². The van der Waals surface area contributed by atoms with Gasteiger partial charge in [-0.1, -0.05) is 30.5 Å². The van der Waals surface area contributed by atoms with Crippen LogP contribution in [0.25, 0.3) is 0 Å². The van der Waals surface area contributed by atoms with Crippen LogP contribution < -0.4 is 10.0 Å². The lowest BCUT2D eigenvalue weighted by atomic mass is 10.2. The fourth-order valence-corrected chi connectivity index (χ4v) is 3.61. The number of nitrogens with zero attached hydrogens (tertiary/aromatic N) is 1. The van der Waals surface area contributed by atoms with Gasteiger partial charge in [-0.3, -0.25) is 9.59 Å². The number of carbonyl (C=O) groups is 2. The van der Waals surface area contributed by atoms with Crippen molar-refractivity contribution in [2.45, 2.75) is 37.5 Å². The quantitative estimate of drug-likeness (QED) is 0.777. The number of likely N-dealkylation sites (tertiary alicyclic amines) is 1. The molecule has 1 aliphatic heterocycles. The van der Waals surface area contributed by atoms with Crippen molar-refractivity contribution in [2.75, 3.05) is 26.2 Å². The molecule has 0 radical (unpaired) electrons. The summed E-state index contributed by atoms with van der Waals surface area (Å²) in [6.45, 7) is 2.79. The third-order valence-corrected chi connectivity index (χ3v) is 5.57. The standard InChI is InChI=1S/C17H25N3O4S/c1-14-6-8-15(9-7-14)25(23,24)19-12-16(21)18-13-17(22)20-10-4-2-3-5-11-20/h6-9,19H,2-5,10-13H2,1H3,(H,18,21). The largest absolute Gasteiger partial charge is 0.346 e. The highest BCUT2D eigenvalue weighted by Gasteiger charge is 2.18. The molecule has 1 aromatic rings. The van der Waals surface area contributed by atoms with E-state index < -0.39 is 22.5 Å². The van der Waals surface area contributed by atoms with Crippen LogP contribution in [0, 0.1) is 6.92 Å². The lowest BCUT2D eigenvalue weighted by Crippen LogP contribution is -2.43. The first kappa shape index (κ1) is 19.4. The first-order valence-electron chi connectivity index (χ1n) is 8.49. The summed E-state index contributed by atoms with van der Waals surface area (Å²) >= 11 is 0. The molecule has 8 heteroatoms. The Morgan fingerprint density at radius 2 is 1.60 bits per heavy atom. The molecule has 0 atom stereocenters. The van der Waals surface area contributed by atoms with Crippen LogP contribution in [0.4, 0.5) is 0 Å². The van der Waals surface area contributed by atoms with Crippen LogP contribution in [0.1, 0.15) is 31.2 Å². The van der Waals surface area contributed by atoms with Gasteiger partial charge >= 0.3 is 0 Å². The molecular formula is C17H25N3O4S. The number of nitrogens with one attached hydrogen (secondary N) is 2. The number of hydrogen-bond donors (Lipinski definition) is 2. The zero-order valence-corrected chi connectivity index (χ0v) is 15.3. The first-order chi connectivity index (χ1) is 11.9. The lowest BCUT2D eigenvalue weighted by molar-refractivity contribution is -0.132. The predicted octanol–water partition coefficient (Wildman–Crippen LogP) is 0.792. The van der Waals surface area contributed by atoms with E-state index in [0.29, 0.717) is 0 Å². The Balaban J connectivity index is 1.78. The van der Waals surface area contributed by atoms with E-state index in [0.717, 1.165) is 44.3 Å². The molecule has 0 spiro atoms. The molecule has 2 rings (SSSR count). The van der Waals surface area contributed by atoms with Crippen LogP contribution >= 0.6 is 0 Å². The topological polar surface area (TPSA) is 95.6 Å². The van der Waals surface area contributed by atoms with Gasteiger partial charge in [0.1, 0.15) is 0 Å². The monoisotopic (exact) mass is 367 g/mol. The maximum Gasteiger partial charge on any atom is 0.241 e. The van der Waals surface area contributed by atoms with Gasteiger partial charge in [0.05, 0.1) is 18.0 Å². The highest BCUT2D eigenvalue weighted by atomic mass is 32.2. The van der Waals surface area contributed by atoms with Gasteiger partial charge in [-0.15, -0.1) is 0 Å². The van der Waals surface area contributed by atoms with E-state index in [-0.39, 0.29) is 17.3 Å². The van der Waals surface area contributed by atoms with E-state index in [1.807, 2.05) is 6.92 Å². The maximum atomic E-state index is 12.1. The highest BCUT2D eigenvalue weighted by molar-refractivity contribution is 7.89. The zero-order chi connectivity index (χ0) is 18.3. The summed E-state index contributed by atoms with van der Waals surface area (Å²) in [5.74, 6) is -0.657. The van der Waals surface area contributed by atoms with E-state index in [4.69, 9.17) is 0 Å². The van der Waals surface area contributed by atoms with Crippen LogP contribution in [-0.2, 0) is 19.6 Å². The minimum absolute atomic E-state index is 0.103. The average Bonchev–Trinajstić information content (AvgIpc) is 2.88. The normalized spacial score (nSPS) is 15.5. The fourth-order valence-electron chi connectivity index (χ4n) is 2.63. The molecule has 0 unspecified atom stereocenters. The summed E-state index contributed by atoms with van der Waals surface area (Å²) in [5, 5.41) is 2.48. The summed E-state index contributed by atoms with van der Waals surface area (Å²) < 4.78 is 26.5. The molecule has 0 saturated carbocycles. The Kier molecular flexibility index (Phi) is 6.95. The molecular weight excluding hydrogens is 342 g/mol. The SMILES string of the molecule is Cc1ccc(S(=O)(=O)NCC(=O)NCC(=O)N2CCCCCC2)cc1. The third kappa shape index (κ3) is 6.13. The van der Waals surface area contributed by atoms with Gasteiger partial charge in [-0.25, -0.2) is 13.1 Å². The molecule has 2 N–H and O–H groups in total. The van der Waals surface area contributed by atoms with Crippen molar-refractivity contribution >= 4 is 21.8 Å². The fraction of sp³-hybridized carbons (Fsp3) is 0.529. The molecule has 1 heterocycles. The van der Waals surface area contributed by atoms with Gasteiger partial charge in [0, 0.05) is 13.1 Å². The zero-order valence-electron chi connectivity index (χ0n) is 14.5. The molecule has 0 aromatic heterocycles. The van der Waals surface area contributed by atoms with Gasteiger partial charge < -0.3 is 10.2 Å². The summed E-state index contributed by atoms with van der Waals surface area (Å²) in [7, 11) is -3.74. The number of amides is 2. The van der Waals surface area contributed by atoms with Gasteiger partial charge in [-0.2, -0.15) is 0 Å². The minimum atomic E-state index is -3.74. The Hall–Kier alpha value is -1.93. The van der Waals surface area contributed by atoms with Crippen molar-refractivity contribution < 1.29 is 18.0 Å². The van der Waals surface area contributed by atoms with Crippen LogP contribution in [0.3, 0.4) is 0 Å². The Morgan fingerprint density at radius 1 is 1.00 bits per heavy atom. The van der Waals surface area contributed by atoms with Crippen LogP contribution in [0.5, 0.6) is 0 Å². The Labute approximate surface area is 148 Å². The summed E-state index contributed by atoms with van der Waals surface area (Å²) in [6, 6.07) is 6.35. The van der Waals surface area contributed by atoms with Crippen LogP contribution in [0.2, 0.25) is 0 Å². The molecule has 138 valence electrons. The minimum Gasteiger partial charge on any atom is -0.346 e. The predicted molar refractivity (Wildman–Crippen MR) is 94.4 cm³/mol. The summed E-state index contributed by atoms with van der Waals surface area (Å²) in [5.41, 5.74) is 0.948. The van der Waals surface area contributed by atoms with Crippen molar-refractivity contribution in [1.29, 1.82) is 0 Å². The Bertz CT molecular complexity index is 693. The van der Waals surface area contributed by atoms with Crippen LogP contribution in [-0.4, -0.2) is 51.3 Å². The second-order valence-electron chi connectivity index (χ2n) is 6.21. The van der Waals surface area contributed by atoms with E-state index in [2.05, 4.69) is 10.0 Å². The Morgan fingerprint density at radius 3 is 2.20 bits per heavy atom. The van der Waals surface area contributed by atoms with Gasteiger partial charge in [0.15, 0.2) is 0 Å². The number of carbonyl (C=O) groups excluding carboxylic acids is 2. The molecule has 1 aliphatic rings. The first-order valence-corrected chi connectivity index (χ1v) is 9.97. The van der Waals surface area contributed by atoms with E-state index >= 15 is 0 Å².